The van der Waals surface area contributed by atoms with E-state index in [1.54, 1.807) is 0 Å². The number of anilines is 1. The van der Waals surface area contributed by atoms with Gasteiger partial charge in [-0.1, -0.05) is 47.2 Å². The van der Waals surface area contributed by atoms with Crippen LogP contribution in [-0.4, -0.2) is 30.6 Å². The van der Waals surface area contributed by atoms with Crippen molar-refractivity contribution < 1.29 is 0 Å². The highest BCUT2D eigenvalue weighted by molar-refractivity contribution is 9.17. The van der Waals surface area contributed by atoms with E-state index in [2.05, 4.69) is 73.3 Å². The minimum atomic E-state index is -1.58. The number of hydrogen-bond acceptors (Lipinski definition) is 4. The van der Waals surface area contributed by atoms with Gasteiger partial charge in [0.15, 0.2) is 0 Å². The molecule has 0 saturated carbocycles. The summed E-state index contributed by atoms with van der Waals surface area (Å²) in [4.78, 5) is 10.8. The van der Waals surface area contributed by atoms with Gasteiger partial charge in [0.2, 0.25) is 5.82 Å². The maximum absolute atomic E-state index is 9.18. The third-order valence-corrected chi connectivity index (χ3v) is 11.3. The maximum Gasteiger partial charge on any atom is 0.235 e. The number of hydrogen-bond donors (Lipinski definition) is 0. The lowest BCUT2D eigenvalue weighted by Crippen LogP contribution is -2.29. The molecular formula is C15H19Br2ClN4Si. The fourth-order valence-electron chi connectivity index (χ4n) is 2.56. The van der Waals surface area contributed by atoms with E-state index in [4.69, 9.17) is 11.6 Å². The fraction of sp³-hybridized carbons (Fsp3) is 0.533. The smallest absolute Gasteiger partial charge is 0.235 e. The molecule has 4 nitrogen and oxygen atoms in total. The summed E-state index contributed by atoms with van der Waals surface area (Å²) >= 11 is 13.9. The molecule has 124 valence electrons. The van der Waals surface area contributed by atoms with Gasteiger partial charge in [0.05, 0.1) is 13.6 Å². The number of aromatic nitrogens is 2. The molecule has 0 radical (unpaired) electrons. The summed E-state index contributed by atoms with van der Waals surface area (Å²) in [6.45, 7) is 9.82. The first-order chi connectivity index (χ1) is 10.7. The second kappa shape index (κ2) is 7.22. The van der Waals surface area contributed by atoms with Gasteiger partial charge >= 0.3 is 0 Å². The average molecular weight is 479 g/mol. The Morgan fingerprint density at radius 2 is 2.00 bits per heavy atom. The van der Waals surface area contributed by atoms with E-state index in [0.29, 0.717) is 11.2 Å². The Morgan fingerprint density at radius 1 is 1.35 bits per heavy atom. The Kier molecular flexibility index (Phi) is 5.93. The van der Waals surface area contributed by atoms with Crippen molar-refractivity contribution in [1.29, 1.82) is 5.26 Å². The lowest BCUT2D eigenvalue weighted by molar-refractivity contribution is 0.724. The molecule has 1 aliphatic heterocycles. The van der Waals surface area contributed by atoms with Gasteiger partial charge in [0.25, 0.3) is 0 Å². The number of nitrogens with zero attached hydrogens (tertiary/aromatic N) is 4. The highest BCUT2D eigenvalue weighted by atomic mass is 79.9. The lowest BCUT2D eigenvalue weighted by Gasteiger charge is -2.26. The third-order valence-electron chi connectivity index (χ3n) is 3.84. The summed E-state index contributed by atoms with van der Waals surface area (Å²) in [7, 11) is -1.58. The van der Waals surface area contributed by atoms with Crippen LogP contribution >= 0.6 is 43.5 Å². The Bertz CT molecular complexity index is 694. The molecule has 0 N–H and O–H groups in total. The number of nitriles is 1. The van der Waals surface area contributed by atoms with Crippen LogP contribution in [0.15, 0.2) is 4.11 Å². The summed E-state index contributed by atoms with van der Waals surface area (Å²) in [5, 5.41) is 9.50. The second-order valence-electron chi connectivity index (χ2n) is 6.71. The predicted molar refractivity (Wildman–Crippen MR) is 106 cm³/mol. The summed E-state index contributed by atoms with van der Waals surface area (Å²) in [5.74, 6) is 0.853. The van der Waals surface area contributed by atoms with Crippen LogP contribution in [0, 0.1) is 11.3 Å². The van der Waals surface area contributed by atoms with Crippen LogP contribution in [-0.2, 0) is 0 Å². The topological polar surface area (TPSA) is 52.8 Å². The van der Waals surface area contributed by atoms with Crippen molar-refractivity contribution in [3.8, 4) is 6.07 Å². The fourth-order valence-corrected chi connectivity index (χ4v) is 6.06. The van der Waals surface area contributed by atoms with Crippen molar-refractivity contribution in [2.45, 2.75) is 45.4 Å². The predicted octanol–water partition coefficient (Wildman–Crippen LogP) is 5.33. The number of halogens is 3. The Morgan fingerprint density at radius 3 is 2.48 bits per heavy atom. The molecule has 0 amide bonds. The largest absolute Gasteiger partial charge is 0.353 e. The summed E-state index contributed by atoms with van der Waals surface area (Å²) in [5.41, 5.74) is 0.772. The Hall–Kier alpha value is -0.423. The van der Waals surface area contributed by atoms with Crippen molar-refractivity contribution in [2.75, 3.05) is 11.4 Å². The molecule has 2 rings (SSSR count). The Balaban J connectivity index is 2.70. The first kappa shape index (κ1) is 18.9. The van der Waals surface area contributed by atoms with Gasteiger partial charge < -0.3 is 4.90 Å². The van der Waals surface area contributed by atoms with Crippen LogP contribution < -0.4 is 4.90 Å². The van der Waals surface area contributed by atoms with Gasteiger partial charge in [-0.3, -0.25) is 0 Å². The van der Waals surface area contributed by atoms with Gasteiger partial charge in [0.1, 0.15) is 17.0 Å². The van der Waals surface area contributed by atoms with E-state index in [0.717, 1.165) is 39.4 Å². The number of rotatable bonds is 3. The van der Waals surface area contributed by atoms with E-state index in [-0.39, 0.29) is 5.82 Å². The SMILES string of the molecule is CC1CCCN1c1nc(C#N)nc(Cl)c1/C(Br)=C(/Br)[Si](C)(C)C. The van der Waals surface area contributed by atoms with E-state index < -0.39 is 8.07 Å². The molecule has 2 heterocycles. The van der Waals surface area contributed by atoms with Crippen molar-refractivity contribution in [1.82, 2.24) is 9.97 Å². The molecule has 1 atom stereocenters. The van der Waals surface area contributed by atoms with Crippen molar-refractivity contribution in [3.63, 3.8) is 0 Å². The minimum Gasteiger partial charge on any atom is -0.353 e. The van der Waals surface area contributed by atoms with E-state index in [1.165, 1.54) is 0 Å². The molecule has 1 unspecified atom stereocenters. The van der Waals surface area contributed by atoms with Gasteiger partial charge in [-0.15, -0.1) is 0 Å². The first-order valence-corrected chi connectivity index (χ1v) is 12.9. The molecule has 1 saturated heterocycles. The monoisotopic (exact) mass is 476 g/mol. The van der Waals surface area contributed by atoms with Crippen LogP contribution in [0.1, 0.15) is 31.2 Å². The molecule has 1 aliphatic rings. The van der Waals surface area contributed by atoms with Gasteiger partial charge in [-0.25, -0.2) is 9.97 Å². The average Bonchev–Trinajstić information content (AvgIpc) is 2.89. The molecule has 1 aromatic rings. The highest BCUT2D eigenvalue weighted by Crippen LogP contribution is 2.42. The summed E-state index contributed by atoms with van der Waals surface area (Å²) in [6.07, 6.45) is 2.22. The van der Waals surface area contributed by atoms with Crippen molar-refractivity contribution in [3.05, 3.63) is 20.6 Å². The van der Waals surface area contributed by atoms with E-state index in [9.17, 15) is 5.26 Å². The maximum atomic E-state index is 9.18. The molecule has 8 heteroatoms. The lowest BCUT2D eigenvalue weighted by atomic mass is 10.2. The normalized spacial score (nSPS) is 19.6. The molecular weight excluding hydrogens is 460 g/mol. The molecule has 23 heavy (non-hydrogen) atoms. The third kappa shape index (κ3) is 3.98. The molecule has 0 aromatic carbocycles. The zero-order valence-electron chi connectivity index (χ0n) is 13.6. The van der Waals surface area contributed by atoms with Crippen LogP contribution in [0.3, 0.4) is 0 Å². The minimum absolute atomic E-state index is 0.109. The van der Waals surface area contributed by atoms with Crippen LogP contribution in [0.25, 0.3) is 4.48 Å². The standard InChI is InChI=1S/C15H19Br2ClN4Si/c1-9-6-5-7-22(9)15-11(12(16)13(17)23(2,3)4)14(18)20-10(8-19)21-15/h9H,5-7H2,1-4H3/b13-12+. The van der Waals surface area contributed by atoms with E-state index >= 15 is 0 Å². The summed E-state index contributed by atoms with van der Waals surface area (Å²) < 4.78 is 2.01. The van der Waals surface area contributed by atoms with Gasteiger partial charge in [-0.05, 0) is 39.8 Å². The van der Waals surface area contributed by atoms with Crippen molar-refractivity contribution in [2.24, 2.45) is 0 Å². The van der Waals surface area contributed by atoms with Crippen LogP contribution in [0.5, 0.6) is 0 Å². The molecule has 1 aromatic heterocycles. The highest BCUT2D eigenvalue weighted by Gasteiger charge is 2.30. The molecule has 0 aliphatic carbocycles. The quantitative estimate of drug-likeness (QED) is 0.435. The molecule has 1 fully saturated rings. The van der Waals surface area contributed by atoms with Crippen molar-refractivity contribution >= 4 is 61.8 Å². The van der Waals surface area contributed by atoms with E-state index in [1.807, 2.05) is 6.07 Å². The zero-order valence-corrected chi connectivity index (χ0v) is 18.5. The zero-order chi connectivity index (χ0) is 17.4. The van der Waals surface area contributed by atoms with Gasteiger partial charge in [0, 0.05) is 17.1 Å². The van der Waals surface area contributed by atoms with Crippen LogP contribution in [0.4, 0.5) is 5.82 Å². The van der Waals surface area contributed by atoms with Crippen LogP contribution in [0.2, 0.25) is 24.8 Å². The first-order valence-electron chi connectivity index (χ1n) is 7.47. The second-order valence-corrected chi connectivity index (χ2v) is 14.4. The Labute approximate surface area is 160 Å². The molecule has 0 bridgehead atoms. The molecule has 0 spiro atoms. The van der Waals surface area contributed by atoms with Gasteiger partial charge in [-0.2, -0.15) is 5.26 Å². The summed E-state index contributed by atoms with van der Waals surface area (Å²) in [6, 6.07) is 2.38.